The second-order valence-corrected chi connectivity index (χ2v) is 2.64. The van der Waals surface area contributed by atoms with E-state index in [0.29, 0.717) is 12.5 Å². The van der Waals surface area contributed by atoms with Crippen LogP contribution < -0.4 is 11.5 Å². The fraction of sp³-hybridized carbons (Fsp3) is 0.750. The lowest BCUT2D eigenvalue weighted by molar-refractivity contribution is 0.514. The van der Waals surface area contributed by atoms with E-state index in [1.165, 1.54) is 0 Å². The van der Waals surface area contributed by atoms with Gasteiger partial charge < -0.3 is 11.5 Å². The van der Waals surface area contributed by atoms with Crippen molar-refractivity contribution in [1.29, 1.82) is 0 Å². The molecule has 0 saturated carbocycles. The molecular weight excluding hydrogens is 124 g/mol. The van der Waals surface area contributed by atoms with Crippen LogP contribution in [-0.2, 0) is 0 Å². The van der Waals surface area contributed by atoms with Gasteiger partial charge in [0.2, 0.25) is 0 Å². The second-order valence-electron chi connectivity index (χ2n) is 2.64. The van der Waals surface area contributed by atoms with Crippen LogP contribution in [0.5, 0.6) is 0 Å². The molecule has 4 N–H and O–H groups in total. The maximum absolute atomic E-state index is 5.56. The lowest BCUT2D eigenvalue weighted by Crippen LogP contribution is -2.15. The molecule has 0 aliphatic carbocycles. The molecule has 2 nitrogen and oxygen atoms in total. The van der Waals surface area contributed by atoms with Crippen LogP contribution in [0.15, 0.2) is 12.3 Å². The van der Waals surface area contributed by atoms with Crippen LogP contribution in [0.1, 0.15) is 26.2 Å². The van der Waals surface area contributed by atoms with Crippen molar-refractivity contribution >= 4 is 0 Å². The first kappa shape index (κ1) is 9.50. The van der Waals surface area contributed by atoms with Gasteiger partial charge in [0.1, 0.15) is 0 Å². The Morgan fingerprint density at radius 2 is 2.10 bits per heavy atom. The highest BCUT2D eigenvalue weighted by molar-refractivity contribution is 4.93. The van der Waals surface area contributed by atoms with Crippen molar-refractivity contribution in [3.8, 4) is 0 Å². The Balaban J connectivity index is 3.61. The molecule has 0 aromatic heterocycles. The van der Waals surface area contributed by atoms with Crippen LogP contribution >= 0.6 is 0 Å². The van der Waals surface area contributed by atoms with E-state index in [2.05, 4.69) is 13.5 Å². The molecule has 0 saturated heterocycles. The molecule has 0 fully saturated rings. The molecular formula is C8H18N2. The second kappa shape index (κ2) is 5.30. The SMILES string of the molecule is C=C(N)C(CCC)CCN. The summed E-state index contributed by atoms with van der Waals surface area (Å²) in [6.45, 7) is 6.57. The number of allylic oxidation sites excluding steroid dienone is 1. The monoisotopic (exact) mass is 142 g/mol. The van der Waals surface area contributed by atoms with Crippen LogP contribution in [-0.4, -0.2) is 6.54 Å². The normalized spacial score (nSPS) is 13.0. The lowest BCUT2D eigenvalue weighted by atomic mass is 9.97. The summed E-state index contributed by atoms with van der Waals surface area (Å²) in [7, 11) is 0. The predicted octanol–water partition coefficient (Wildman–Crippen LogP) is 1.22. The van der Waals surface area contributed by atoms with Gasteiger partial charge in [-0.15, -0.1) is 0 Å². The van der Waals surface area contributed by atoms with Crippen molar-refractivity contribution in [1.82, 2.24) is 0 Å². The standard InChI is InChI=1S/C8H18N2/c1-3-4-8(5-6-9)7(2)10/h8H,2-6,9-10H2,1H3. The van der Waals surface area contributed by atoms with Crippen molar-refractivity contribution < 1.29 is 0 Å². The van der Waals surface area contributed by atoms with Crippen molar-refractivity contribution in [2.45, 2.75) is 26.2 Å². The summed E-state index contributed by atoms with van der Waals surface area (Å²) in [5, 5.41) is 0. The molecule has 0 aromatic rings. The number of nitrogens with two attached hydrogens (primary N) is 2. The molecule has 60 valence electrons. The van der Waals surface area contributed by atoms with Gasteiger partial charge in [-0.2, -0.15) is 0 Å². The first-order chi connectivity index (χ1) is 4.72. The van der Waals surface area contributed by atoms with E-state index in [4.69, 9.17) is 11.5 Å². The highest BCUT2D eigenvalue weighted by atomic mass is 14.6. The fourth-order valence-corrected chi connectivity index (χ4v) is 1.06. The van der Waals surface area contributed by atoms with Crippen LogP contribution in [0.2, 0.25) is 0 Å². The maximum atomic E-state index is 5.56. The zero-order chi connectivity index (χ0) is 7.98. The molecule has 0 aromatic carbocycles. The largest absolute Gasteiger partial charge is 0.402 e. The van der Waals surface area contributed by atoms with Gasteiger partial charge in [-0.25, -0.2) is 0 Å². The van der Waals surface area contributed by atoms with Crippen LogP contribution in [0.4, 0.5) is 0 Å². The van der Waals surface area contributed by atoms with Crippen molar-refractivity contribution in [2.24, 2.45) is 17.4 Å². The summed E-state index contributed by atoms with van der Waals surface area (Å²) in [4.78, 5) is 0. The molecule has 0 bridgehead atoms. The van der Waals surface area contributed by atoms with Gasteiger partial charge >= 0.3 is 0 Å². The Labute approximate surface area is 63.3 Å². The average Bonchev–Trinajstić information content (AvgIpc) is 1.87. The molecule has 0 aliphatic heterocycles. The summed E-state index contributed by atoms with van der Waals surface area (Å²) >= 11 is 0. The van der Waals surface area contributed by atoms with E-state index >= 15 is 0 Å². The Kier molecular flexibility index (Phi) is 5.03. The molecule has 0 radical (unpaired) electrons. The molecule has 2 heteroatoms. The molecule has 0 amide bonds. The van der Waals surface area contributed by atoms with E-state index in [1.807, 2.05) is 0 Å². The number of hydrogen-bond acceptors (Lipinski definition) is 2. The first-order valence-corrected chi connectivity index (χ1v) is 3.86. The number of rotatable bonds is 5. The van der Waals surface area contributed by atoms with Gasteiger partial charge in [-0.1, -0.05) is 19.9 Å². The fourth-order valence-electron chi connectivity index (χ4n) is 1.06. The van der Waals surface area contributed by atoms with Gasteiger partial charge in [-0.05, 0) is 25.3 Å². The summed E-state index contributed by atoms with van der Waals surface area (Å²) in [6.07, 6.45) is 3.25. The van der Waals surface area contributed by atoms with Gasteiger partial charge in [0.15, 0.2) is 0 Å². The van der Waals surface area contributed by atoms with E-state index in [0.717, 1.165) is 25.0 Å². The zero-order valence-corrected chi connectivity index (χ0v) is 6.77. The van der Waals surface area contributed by atoms with Gasteiger partial charge in [0.05, 0.1) is 0 Å². The minimum Gasteiger partial charge on any atom is -0.402 e. The molecule has 10 heavy (non-hydrogen) atoms. The Hall–Kier alpha value is -0.500. The maximum Gasteiger partial charge on any atom is 0.00395 e. The predicted molar refractivity (Wildman–Crippen MR) is 45.4 cm³/mol. The third-order valence-electron chi connectivity index (χ3n) is 1.68. The molecule has 0 aliphatic rings. The Bertz CT molecular complexity index is 93.4. The lowest BCUT2D eigenvalue weighted by Gasteiger charge is -2.13. The summed E-state index contributed by atoms with van der Waals surface area (Å²) in [5.74, 6) is 0.440. The summed E-state index contributed by atoms with van der Waals surface area (Å²) in [5.41, 5.74) is 11.7. The van der Waals surface area contributed by atoms with Crippen molar-refractivity contribution in [2.75, 3.05) is 6.54 Å². The minimum absolute atomic E-state index is 0.440. The smallest absolute Gasteiger partial charge is 0.00395 e. The third-order valence-corrected chi connectivity index (χ3v) is 1.68. The van der Waals surface area contributed by atoms with Crippen LogP contribution in [0.25, 0.3) is 0 Å². The van der Waals surface area contributed by atoms with Gasteiger partial charge in [0.25, 0.3) is 0 Å². The first-order valence-electron chi connectivity index (χ1n) is 3.86. The molecule has 0 spiro atoms. The van der Waals surface area contributed by atoms with Crippen LogP contribution in [0, 0.1) is 5.92 Å². The van der Waals surface area contributed by atoms with Crippen molar-refractivity contribution in [3.05, 3.63) is 12.3 Å². The van der Waals surface area contributed by atoms with E-state index in [1.54, 1.807) is 0 Å². The van der Waals surface area contributed by atoms with E-state index in [-0.39, 0.29) is 0 Å². The van der Waals surface area contributed by atoms with Crippen molar-refractivity contribution in [3.63, 3.8) is 0 Å². The highest BCUT2D eigenvalue weighted by Gasteiger charge is 2.06. The van der Waals surface area contributed by atoms with Gasteiger partial charge in [0, 0.05) is 5.70 Å². The van der Waals surface area contributed by atoms with Crippen LogP contribution in [0.3, 0.4) is 0 Å². The topological polar surface area (TPSA) is 52.0 Å². The molecule has 1 unspecified atom stereocenters. The molecule has 0 rings (SSSR count). The Morgan fingerprint density at radius 1 is 1.50 bits per heavy atom. The van der Waals surface area contributed by atoms with Gasteiger partial charge in [-0.3, -0.25) is 0 Å². The third kappa shape index (κ3) is 3.51. The zero-order valence-electron chi connectivity index (χ0n) is 6.77. The minimum atomic E-state index is 0.440. The van der Waals surface area contributed by atoms with E-state index < -0.39 is 0 Å². The molecule has 1 atom stereocenters. The number of hydrogen-bond donors (Lipinski definition) is 2. The summed E-state index contributed by atoms with van der Waals surface area (Å²) < 4.78 is 0. The summed E-state index contributed by atoms with van der Waals surface area (Å²) in [6, 6.07) is 0. The molecule has 0 heterocycles. The quantitative estimate of drug-likeness (QED) is 0.606. The van der Waals surface area contributed by atoms with E-state index in [9.17, 15) is 0 Å². The Morgan fingerprint density at radius 3 is 2.40 bits per heavy atom. The average molecular weight is 142 g/mol. The highest BCUT2D eigenvalue weighted by Crippen LogP contribution is 2.14.